The van der Waals surface area contributed by atoms with Gasteiger partial charge in [-0.05, 0) is 38.5 Å². The highest BCUT2D eigenvalue weighted by molar-refractivity contribution is 14.0. The fourth-order valence-electron chi connectivity index (χ4n) is 3.04. The Kier molecular flexibility index (Phi) is 9.19. The summed E-state index contributed by atoms with van der Waals surface area (Å²) in [6.07, 6.45) is 0. The molecular weight excluding hydrogens is 509 g/mol. The van der Waals surface area contributed by atoms with E-state index in [-0.39, 0.29) is 29.7 Å². The first kappa shape index (κ1) is 25.5. The third-order valence-corrected chi connectivity index (χ3v) is 7.29. The van der Waals surface area contributed by atoms with E-state index in [1.165, 1.54) is 14.2 Å². The van der Waals surface area contributed by atoms with Gasteiger partial charge in [0.15, 0.2) is 15.8 Å². The molecule has 10 heteroatoms. The van der Waals surface area contributed by atoms with Crippen molar-refractivity contribution in [2.75, 3.05) is 39.6 Å². The summed E-state index contributed by atoms with van der Waals surface area (Å²) in [6, 6.07) is 5.24. The average molecular weight is 539 g/mol. The van der Waals surface area contributed by atoms with Gasteiger partial charge < -0.3 is 19.7 Å². The Balaban J connectivity index is 0.00000420. The van der Waals surface area contributed by atoms with Gasteiger partial charge in [-0.1, -0.05) is 6.07 Å². The standard InChI is InChI=1S/C19H29N3O5S.HI/c1-6-20-18(22-9-10-28(24,25)19(2,3)13-22)21-12-14-7-8-16(26-4)15(11-14)17(23)27-5;/h7-8,11H,6,9-10,12-13H2,1-5H3,(H,20,21);1H. The molecule has 0 bridgehead atoms. The van der Waals surface area contributed by atoms with Crippen molar-refractivity contribution in [3.8, 4) is 5.75 Å². The molecule has 1 fully saturated rings. The zero-order chi connectivity index (χ0) is 20.9. The number of nitrogens with one attached hydrogen (secondary N) is 1. The predicted octanol–water partition coefficient (Wildman–Crippen LogP) is 2.07. The van der Waals surface area contributed by atoms with E-state index in [2.05, 4.69) is 10.3 Å². The zero-order valence-corrected chi connectivity index (χ0v) is 20.7. The number of guanidine groups is 1. The Bertz CT molecular complexity index is 855. The molecule has 1 aliphatic heterocycles. The minimum absolute atomic E-state index is 0. The zero-order valence-electron chi connectivity index (χ0n) is 17.5. The van der Waals surface area contributed by atoms with E-state index < -0.39 is 20.6 Å². The molecule has 1 aromatic rings. The molecule has 1 heterocycles. The number of nitrogens with zero attached hydrogens (tertiary/aromatic N) is 2. The molecule has 1 saturated heterocycles. The number of ether oxygens (including phenoxy) is 2. The maximum Gasteiger partial charge on any atom is 0.341 e. The number of sulfone groups is 1. The first-order valence-electron chi connectivity index (χ1n) is 9.16. The van der Waals surface area contributed by atoms with Crippen molar-refractivity contribution in [3.05, 3.63) is 29.3 Å². The minimum Gasteiger partial charge on any atom is -0.496 e. The van der Waals surface area contributed by atoms with Gasteiger partial charge in [0.2, 0.25) is 0 Å². The highest BCUT2D eigenvalue weighted by atomic mass is 127. The van der Waals surface area contributed by atoms with Crippen LogP contribution in [-0.2, 0) is 21.1 Å². The molecule has 1 aromatic carbocycles. The van der Waals surface area contributed by atoms with Crippen molar-refractivity contribution in [2.45, 2.75) is 32.1 Å². The van der Waals surface area contributed by atoms with Crippen molar-refractivity contribution in [3.63, 3.8) is 0 Å². The van der Waals surface area contributed by atoms with Gasteiger partial charge in [0, 0.05) is 19.6 Å². The van der Waals surface area contributed by atoms with Crippen LogP contribution in [0, 0.1) is 0 Å². The summed E-state index contributed by atoms with van der Waals surface area (Å²) < 4.78 is 33.7. The molecule has 0 unspecified atom stereocenters. The summed E-state index contributed by atoms with van der Waals surface area (Å²) in [6.45, 7) is 7.21. The third kappa shape index (κ3) is 5.97. The first-order valence-corrected chi connectivity index (χ1v) is 10.8. The van der Waals surface area contributed by atoms with Crippen LogP contribution in [0.2, 0.25) is 0 Å². The molecule has 1 N–H and O–H groups in total. The molecular formula is C19H30IN3O5S. The number of carbonyl (C=O) groups excluding carboxylic acids is 1. The van der Waals surface area contributed by atoms with Crippen LogP contribution in [0.5, 0.6) is 5.75 Å². The van der Waals surface area contributed by atoms with Crippen LogP contribution in [0.1, 0.15) is 36.7 Å². The van der Waals surface area contributed by atoms with Crippen molar-refractivity contribution in [1.29, 1.82) is 0 Å². The summed E-state index contributed by atoms with van der Waals surface area (Å²) in [5.74, 6) is 0.715. The largest absolute Gasteiger partial charge is 0.496 e. The third-order valence-electron chi connectivity index (χ3n) is 4.76. The van der Waals surface area contributed by atoms with Gasteiger partial charge in [-0.25, -0.2) is 18.2 Å². The minimum atomic E-state index is -3.12. The summed E-state index contributed by atoms with van der Waals surface area (Å²) in [5, 5.41) is 3.22. The predicted molar refractivity (Wildman–Crippen MR) is 124 cm³/mol. The van der Waals surface area contributed by atoms with Crippen molar-refractivity contribution < 1.29 is 22.7 Å². The fraction of sp³-hybridized carbons (Fsp3) is 0.579. The second-order valence-electron chi connectivity index (χ2n) is 7.20. The molecule has 0 radical (unpaired) electrons. The van der Waals surface area contributed by atoms with E-state index in [0.29, 0.717) is 43.5 Å². The Morgan fingerprint density at radius 2 is 2.00 bits per heavy atom. The van der Waals surface area contributed by atoms with Gasteiger partial charge in [0.05, 0.1) is 31.3 Å². The maximum absolute atomic E-state index is 12.3. The molecule has 164 valence electrons. The number of benzene rings is 1. The van der Waals surface area contributed by atoms with E-state index in [9.17, 15) is 13.2 Å². The lowest BCUT2D eigenvalue weighted by Gasteiger charge is -2.39. The molecule has 1 aliphatic rings. The van der Waals surface area contributed by atoms with E-state index >= 15 is 0 Å². The monoisotopic (exact) mass is 539 g/mol. The number of carbonyl (C=O) groups is 1. The summed E-state index contributed by atoms with van der Waals surface area (Å²) >= 11 is 0. The van der Waals surface area contributed by atoms with E-state index in [0.717, 1.165) is 5.56 Å². The molecule has 0 spiro atoms. The number of esters is 1. The molecule has 0 amide bonds. The van der Waals surface area contributed by atoms with Crippen LogP contribution in [0.25, 0.3) is 0 Å². The quantitative estimate of drug-likeness (QED) is 0.265. The second-order valence-corrected chi connectivity index (χ2v) is 9.94. The smallest absolute Gasteiger partial charge is 0.341 e. The van der Waals surface area contributed by atoms with Crippen molar-refractivity contribution in [2.24, 2.45) is 4.99 Å². The summed E-state index contributed by atoms with van der Waals surface area (Å²) in [4.78, 5) is 18.6. The van der Waals surface area contributed by atoms with Crippen LogP contribution in [0.15, 0.2) is 23.2 Å². The first-order chi connectivity index (χ1) is 13.1. The van der Waals surface area contributed by atoms with Crippen LogP contribution < -0.4 is 10.1 Å². The Morgan fingerprint density at radius 3 is 2.55 bits per heavy atom. The van der Waals surface area contributed by atoms with E-state index in [1.807, 2.05) is 17.9 Å². The number of aliphatic imine (C=N–C) groups is 1. The molecule has 29 heavy (non-hydrogen) atoms. The lowest BCUT2D eigenvalue weighted by molar-refractivity contribution is 0.0597. The second kappa shape index (κ2) is 10.5. The van der Waals surface area contributed by atoms with E-state index in [1.54, 1.807) is 26.0 Å². The lowest BCUT2D eigenvalue weighted by Crippen LogP contribution is -2.57. The van der Waals surface area contributed by atoms with Gasteiger partial charge in [-0.15, -0.1) is 24.0 Å². The summed E-state index contributed by atoms with van der Waals surface area (Å²) in [5.41, 5.74) is 1.16. The number of hydrogen-bond donors (Lipinski definition) is 1. The Labute approximate surface area is 190 Å². The normalized spacial score (nSPS) is 17.8. The Hall–Kier alpha value is -1.56. The highest BCUT2D eigenvalue weighted by Gasteiger charge is 2.40. The maximum atomic E-state index is 12.3. The molecule has 0 atom stereocenters. The lowest BCUT2D eigenvalue weighted by atomic mass is 10.1. The van der Waals surface area contributed by atoms with Crippen molar-refractivity contribution >= 4 is 45.7 Å². The van der Waals surface area contributed by atoms with Crippen LogP contribution >= 0.6 is 24.0 Å². The number of halogens is 1. The average Bonchev–Trinajstić information content (AvgIpc) is 2.66. The van der Waals surface area contributed by atoms with Gasteiger partial charge in [-0.3, -0.25) is 0 Å². The van der Waals surface area contributed by atoms with Crippen LogP contribution in [0.3, 0.4) is 0 Å². The molecule has 2 rings (SSSR count). The number of hydrogen-bond acceptors (Lipinski definition) is 6. The highest BCUT2D eigenvalue weighted by Crippen LogP contribution is 2.24. The van der Waals surface area contributed by atoms with E-state index in [4.69, 9.17) is 9.47 Å². The van der Waals surface area contributed by atoms with Crippen LogP contribution in [-0.4, -0.2) is 69.6 Å². The van der Waals surface area contributed by atoms with Gasteiger partial charge >= 0.3 is 5.97 Å². The van der Waals surface area contributed by atoms with Crippen LogP contribution in [0.4, 0.5) is 0 Å². The van der Waals surface area contributed by atoms with Gasteiger partial charge in [0.25, 0.3) is 0 Å². The van der Waals surface area contributed by atoms with Crippen molar-refractivity contribution in [1.82, 2.24) is 10.2 Å². The molecule has 0 saturated carbocycles. The molecule has 8 nitrogen and oxygen atoms in total. The fourth-order valence-corrected chi connectivity index (χ4v) is 4.41. The Morgan fingerprint density at radius 1 is 1.31 bits per heavy atom. The number of methoxy groups -OCH3 is 2. The van der Waals surface area contributed by atoms with Gasteiger partial charge in [0.1, 0.15) is 11.3 Å². The molecule has 0 aromatic heterocycles. The SMILES string of the molecule is CCNC(=NCc1ccc(OC)c(C(=O)OC)c1)N1CCS(=O)(=O)C(C)(C)C1.I. The molecule has 0 aliphatic carbocycles. The number of rotatable bonds is 5. The summed E-state index contributed by atoms with van der Waals surface area (Å²) in [7, 11) is -0.308. The van der Waals surface area contributed by atoms with Gasteiger partial charge in [-0.2, -0.15) is 0 Å². The topological polar surface area (TPSA) is 97.3 Å².